The lowest BCUT2D eigenvalue weighted by Crippen LogP contribution is -2.49. The predicted octanol–water partition coefficient (Wildman–Crippen LogP) is 1.43. The average Bonchev–Trinajstić information content (AvgIpc) is 2.20. The summed E-state index contributed by atoms with van der Waals surface area (Å²) in [6.07, 6.45) is 3.82. The van der Waals surface area contributed by atoms with Crippen molar-refractivity contribution < 1.29 is 9.90 Å². The molecule has 0 heterocycles. The highest BCUT2D eigenvalue weighted by molar-refractivity contribution is 5.78. The van der Waals surface area contributed by atoms with E-state index in [2.05, 4.69) is 17.6 Å². The molecule has 1 amide bonds. The Morgan fingerprint density at radius 1 is 1.33 bits per heavy atom. The van der Waals surface area contributed by atoms with Crippen LogP contribution in [0.2, 0.25) is 0 Å². The van der Waals surface area contributed by atoms with Gasteiger partial charge in [-0.25, -0.2) is 0 Å². The first-order chi connectivity index (χ1) is 8.20. The number of hydrogen-bond donors (Lipinski definition) is 3. The van der Waals surface area contributed by atoms with Gasteiger partial charge in [0.2, 0.25) is 5.91 Å². The van der Waals surface area contributed by atoms with Gasteiger partial charge in [-0.2, -0.15) is 0 Å². The number of aliphatic hydroxyl groups is 1. The van der Waals surface area contributed by atoms with Crippen LogP contribution in [0.25, 0.3) is 0 Å². The second-order valence-electron chi connectivity index (χ2n) is 6.81. The SMILES string of the molecule is CC1CCC(O)(CNCC(=O)NC(C)(C)C)CC1. The molecule has 0 aromatic rings. The monoisotopic (exact) mass is 256 g/mol. The molecule has 1 saturated carbocycles. The van der Waals surface area contributed by atoms with E-state index in [1.54, 1.807) is 0 Å². The van der Waals surface area contributed by atoms with Crippen LogP contribution in [0.5, 0.6) is 0 Å². The van der Waals surface area contributed by atoms with E-state index in [4.69, 9.17) is 0 Å². The van der Waals surface area contributed by atoms with Crippen LogP contribution in [-0.4, -0.2) is 35.2 Å². The Morgan fingerprint density at radius 3 is 2.39 bits per heavy atom. The van der Waals surface area contributed by atoms with Crippen molar-refractivity contribution in [3.8, 4) is 0 Å². The van der Waals surface area contributed by atoms with Crippen LogP contribution < -0.4 is 10.6 Å². The Bertz CT molecular complexity index is 276. The first kappa shape index (κ1) is 15.4. The largest absolute Gasteiger partial charge is 0.389 e. The predicted molar refractivity (Wildman–Crippen MR) is 73.3 cm³/mol. The number of amides is 1. The molecule has 0 aliphatic heterocycles. The molecule has 1 aliphatic rings. The maximum atomic E-state index is 11.6. The van der Waals surface area contributed by atoms with Crippen molar-refractivity contribution in [2.45, 2.75) is 64.5 Å². The summed E-state index contributed by atoms with van der Waals surface area (Å²) < 4.78 is 0. The van der Waals surface area contributed by atoms with Gasteiger partial charge in [0.05, 0.1) is 12.1 Å². The minimum Gasteiger partial charge on any atom is -0.389 e. The van der Waals surface area contributed by atoms with Crippen molar-refractivity contribution in [1.82, 2.24) is 10.6 Å². The molecule has 18 heavy (non-hydrogen) atoms. The molecule has 0 saturated heterocycles. The van der Waals surface area contributed by atoms with Crippen molar-refractivity contribution in [2.24, 2.45) is 5.92 Å². The zero-order chi connectivity index (χ0) is 13.8. The third-order valence-corrected chi connectivity index (χ3v) is 3.46. The van der Waals surface area contributed by atoms with E-state index in [9.17, 15) is 9.90 Å². The van der Waals surface area contributed by atoms with E-state index in [0.29, 0.717) is 6.54 Å². The smallest absolute Gasteiger partial charge is 0.234 e. The van der Waals surface area contributed by atoms with Gasteiger partial charge in [-0.15, -0.1) is 0 Å². The summed E-state index contributed by atoms with van der Waals surface area (Å²) in [4.78, 5) is 11.6. The third-order valence-electron chi connectivity index (χ3n) is 3.46. The fourth-order valence-corrected chi connectivity index (χ4v) is 2.35. The van der Waals surface area contributed by atoms with E-state index in [1.165, 1.54) is 0 Å². The summed E-state index contributed by atoms with van der Waals surface area (Å²) in [5.41, 5.74) is -0.815. The quantitative estimate of drug-likeness (QED) is 0.713. The number of hydrogen-bond acceptors (Lipinski definition) is 3. The number of nitrogens with one attached hydrogen (secondary N) is 2. The number of rotatable bonds is 4. The molecule has 3 N–H and O–H groups in total. The Kier molecular flexibility index (Phi) is 5.17. The van der Waals surface area contributed by atoms with Crippen molar-refractivity contribution in [2.75, 3.05) is 13.1 Å². The fourth-order valence-electron chi connectivity index (χ4n) is 2.35. The van der Waals surface area contributed by atoms with Gasteiger partial charge in [-0.1, -0.05) is 6.92 Å². The first-order valence-electron chi connectivity index (χ1n) is 6.94. The molecule has 4 heteroatoms. The van der Waals surface area contributed by atoms with Crippen LogP contribution in [0.15, 0.2) is 0 Å². The first-order valence-corrected chi connectivity index (χ1v) is 6.94. The standard InChI is InChI=1S/C14H28N2O2/c1-11-5-7-14(18,8-6-11)10-15-9-12(17)16-13(2,3)4/h11,15,18H,5-10H2,1-4H3,(H,16,17). The summed E-state index contributed by atoms with van der Waals surface area (Å²) in [5.74, 6) is 0.699. The van der Waals surface area contributed by atoms with E-state index < -0.39 is 5.60 Å². The Balaban J connectivity index is 2.23. The molecule has 1 aliphatic carbocycles. The molecule has 0 bridgehead atoms. The molecular formula is C14H28N2O2. The van der Waals surface area contributed by atoms with Gasteiger partial charge in [-0.05, 0) is 52.4 Å². The van der Waals surface area contributed by atoms with Gasteiger partial charge >= 0.3 is 0 Å². The average molecular weight is 256 g/mol. The number of carbonyl (C=O) groups excluding carboxylic acids is 1. The van der Waals surface area contributed by atoms with Gasteiger partial charge in [0, 0.05) is 12.1 Å². The Hall–Kier alpha value is -0.610. The maximum absolute atomic E-state index is 11.6. The second-order valence-corrected chi connectivity index (χ2v) is 6.81. The van der Waals surface area contributed by atoms with Gasteiger partial charge in [-0.3, -0.25) is 4.79 Å². The van der Waals surface area contributed by atoms with Crippen LogP contribution in [0.3, 0.4) is 0 Å². The van der Waals surface area contributed by atoms with Crippen molar-refractivity contribution >= 4 is 5.91 Å². The van der Waals surface area contributed by atoms with E-state index in [0.717, 1.165) is 31.6 Å². The number of carbonyl (C=O) groups is 1. The van der Waals surface area contributed by atoms with Crippen LogP contribution in [-0.2, 0) is 4.79 Å². The summed E-state index contributed by atoms with van der Waals surface area (Å²) in [7, 11) is 0. The second kappa shape index (κ2) is 6.02. The molecule has 0 unspecified atom stereocenters. The summed E-state index contributed by atoms with van der Waals surface area (Å²) >= 11 is 0. The molecular weight excluding hydrogens is 228 g/mol. The van der Waals surface area contributed by atoms with Gasteiger partial charge in [0.1, 0.15) is 0 Å². The molecule has 0 atom stereocenters. The van der Waals surface area contributed by atoms with E-state index in [1.807, 2.05) is 20.8 Å². The minimum absolute atomic E-state index is 0.0183. The van der Waals surface area contributed by atoms with Crippen LogP contribution >= 0.6 is 0 Å². The molecule has 4 nitrogen and oxygen atoms in total. The van der Waals surface area contributed by atoms with Crippen LogP contribution in [0, 0.1) is 5.92 Å². The molecule has 0 aromatic carbocycles. The van der Waals surface area contributed by atoms with E-state index >= 15 is 0 Å². The van der Waals surface area contributed by atoms with Gasteiger partial charge in [0.15, 0.2) is 0 Å². The Labute approximate surface area is 111 Å². The fraction of sp³-hybridized carbons (Fsp3) is 0.929. The Morgan fingerprint density at radius 2 is 1.89 bits per heavy atom. The van der Waals surface area contributed by atoms with Crippen molar-refractivity contribution in [1.29, 1.82) is 0 Å². The van der Waals surface area contributed by atoms with Gasteiger partial charge < -0.3 is 15.7 Å². The molecule has 1 rings (SSSR count). The summed E-state index contributed by atoms with van der Waals surface area (Å²) in [5, 5.41) is 16.3. The molecule has 106 valence electrons. The highest BCUT2D eigenvalue weighted by atomic mass is 16.3. The van der Waals surface area contributed by atoms with Crippen molar-refractivity contribution in [3.63, 3.8) is 0 Å². The molecule has 0 spiro atoms. The third kappa shape index (κ3) is 5.83. The maximum Gasteiger partial charge on any atom is 0.234 e. The lowest BCUT2D eigenvalue weighted by Gasteiger charge is -2.35. The topological polar surface area (TPSA) is 61.4 Å². The minimum atomic E-state index is -0.617. The summed E-state index contributed by atoms with van der Waals surface area (Å²) in [6, 6.07) is 0. The molecule has 0 aromatic heterocycles. The van der Waals surface area contributed by atoms with Crippen molar-refractivity contribution in [3.05, 3.63) is 0 Å². The highest BCUT2D eigenvalue weighted by Crippen LogP contribution is 2.31. The summed E-state index contributed by atoms with van der Waals surface area (Å²) in [6.45, 7) is 8.89. The normalized spacial score (nSPS) is 29.1. The highest BCUT2D eigenvalue weighted by Gasteiger charge is 2.31. The van der Waals surface area contributed by atoms with Crippen LogP contribution in [0.1, 0.15) is 53.4 Å². The molecule has 0 radical (unpaired) electrons. The zero-order valence-corrected chi connectivity index (χ0v) is 12.2. The lowest BCUT2D eigenvalue weighted by atomic mass is 9.79. The van der Waals surface area contributed by atoms with E-state index in [-0.39, 0.29) is 18.0 Å². The van der Waals surface area contributed by atoms with Crippen LogP contribution in [0.4, 0.5) is 0 Å². The zero-order valence-electron chi connectivity index (χ0n) is 12.2. The lowest BCUT2D eigenvalue weighted by molar-refractivity contribution is -0.121. The molecule has 1 fully saturated rings. The van der Waals surface area contributed by atoms with Gasteiger partial charge in [0.25, 0.3) is 0 Å².